The summed E-state index contributed by atoms with van der Waals surface area (Å²) in [5.74, 6) is -0.502. The van der Waals surface area contributed by atoms with E-state index in [1.807, 2.05) is 6.92 Å². The molecule has 0 aliphatic rings. The zero-order valence-electron chi connectivity index (χ0n) is 11.0. The molecule has 0 unspecified atom stereocenters. The van der Waals surface area contributed by atoms with Gasteiger partial charge in [-0.2, -0.15) is 0 Å². The molecular formula is C13H17ClN2O3. The van der Waals surface area contributed by atoms with Gasteiger partial charge < -0.3 is 10.1 Å². The maximum atomic E-state index is 11.9. The second kappa shape index (κ2) is 7.74. The lowest BCUT2D eigenvalue weighted by atomic mass is 10.2. The summed E-state index contributed by atoms with van der Waals surface area (Å²) in [5, 5.41) is 3.03. The summed E-state index contributed by atoms with van der Waals surface area (Å²) in [7, 11) is 1.34. The van der Waals surface area contributed by atoms with Crippen molar-refractivity contribution in [2.45, 2.75) is 26.2 Å². The van der Waals surface area contributed by atoms with E-state index in [4.69, 9.17) is 11.6 Å². The van der Waals surface area contributed by atoms with Gasteiger partial charge in [-0.25, -0.2) is 4.98 Å². The van der Waals surface area contributed by atoms with E-state index in [0.717, 1.165) is 5.69 Å². The number of aryl methyl sites for hydroxylation is 1. The Morgan fingerprint density at radius 2 is 2.16 bits per heavy atom. The summed E-state index contributed by atoms with van der Waals surface area (Å²) >= 11 is 5.84. The molecule has 1 heterocycles. The number of aromatic nitrogens is 1. The lowest BCUT2D eigenvalue weighted by Gasteiger charge is -2.06. The lowest BCUT2D eigenvalue weighted by Crippen LogP contribution is -2.25. The molecule has 104 valence electrons. The molecule has 0 aliphatic heterocycles. The average molecular weight is 285 g/mol. The number of methoxy groups -OCH3 is 1. The number of amides is 1. The van der Waals surface area contributed by atoms with E-state index in [1.165, 1.54) is 13.2 Å². The van der Waals surface area contributed by atoms with Gasteiger partial charge in [-0.3, -0.25) is 9.59 Å². The van der Waals surface area contributed by atoms with Gasteiger partial charge in [-0.05, 0) is 25.0 Å². The zero-order chi connectivity index (χ0) is 14.3. The van der Waals surface area contributed by atoms with E-state index in [1.54, 1.807) is 6.07 Å². The Bertz CT molecular complexity index is 463. The third kappa shape index (κ3) is 5.26. The van der Waals surface area contributed by atoms with Crippen molar-refractivity contribution in [2.24, 2.45) is 0 Å². The smallest absolute Gasteiger partial charge is 0.305 e. The summed E-state index contributed by atoms with van der Waals surface area (Å²) in [4.78, 5) is 26.8. The van der Waals surface area contributed by atoms with Gasteiger partial charge in [0.05, 0.1) is 7.11 Å². The predicted octanol–water partition coefficient (Wildman–Crippen LogP) is 1.98. The number of hydrogen-bond acceptors (Lipinski definition) is 4. The number of halogens is 1. The van der Waals surface area contributed by atoms with Crippen molar-refractivity contribution in [2.75, 3.05) is 13.7 Å². The van der Waals surface area contributed by atoms with Gasteiger partial charge in [-0.15, -0.1) is 0 Å². The highest BCUT2D eigenvalue weighted by Crippen LogP contribution is 2.11. The van der Waals surface area contributed by atoms with Crippen LogP contribution in [-0.2, 0) is 16.0 Å². The topological polar surface area (TPSA) is 68.3 Å². The van der Waals surface area contributed by atoms with Gasteiger partial charge in [0.2, 0.25) is 0 Å². The van der Waals surface area contributed by atoms with Crippen LogP contribution < -0.4 is 5.32 Å². The molecule has 0 fully saturated rings. The summed E-state index contributed by atoms with van der Waals surface area (Å²) in [6.07, 6.45) is 1.54. The van der Waals surface area contributed by atoms with Crippen molar-refractivity contribution in [1.82, 2.24) is 10.3 Å². The summed E-state index contributed by atoms with van der Waals surface area (Å²) in [6.45, 7) is 2.35. The number of nitrogens with zero attached hydrogens (tertiary/aromatic N) is 1. The minimum atomic E-state index is -0.283. The number of nitrogens with one attached hydrogen (secondary N) is 1. The molecule has 1 rings (SSSR count). The van der Waals surface area contributed by atoms with Gasteiger partial charge in [0.1, 0.15) is 5.15 Å². The number of carbonyl (C=O) groups is 2. The van der Waals surface area contributed by atoms with Crippen LogP contribution in [0.15, 0.2) is 12.1 Å². The van der Waals surface area contributed by atoms with E-state index in [2.05, 4.69) is 15.0 Å². The molecular weight excluding hydrogens is 268 g/mol. The maximum Gasteiger partial charge on any atom is 0.305 e. The van der Waals surface area contributed by atoms with Crippen molar-refractivity contribution >= 4 is 23.5 Å². The fourth-order valence-corrected chi connectivity index (χ4v) is 1.73. The number of carbonyl (C=O) groups excluding carboxylic acids is 2. The molecule has 1 aromatic heterocycles. The van der Waals surface area contributed by atoms with E-state index in [0.29, 0.717) is 30.1 Å². The number of esters is 1. The molecule has 0 spiro atoms. The first-order valence-electron chi connectivity index (χ1n) is 6.08. The minimum absolute atomic E-state index is 0.219. The van der Waals surface area contributed by atoms with Crippen LogP contribution in [-0.4, -0.2) is 30.5 Å². The highest BCUT2D eigenvalue weighted by Gasteiger charge is 2.08. The molecule has 0 atom stereocenters. The van der Waals surface area contributed by atoms with Gasteiger partial charge in [0, 0.05) is 24.2 Å². The Hall–Kier alpha value is -1.62. The molecule has 0 bridgehead atoms. The molecule has 19 heavy (non-hydrogen) atoms. The van der Waals surface area contributed by atoms with Crippen LogP contribution in [0.2, 0.25) is 5.15 Å². The largest absolute Gasteiger partial charge is 0.469 e. The molecule has 0 aliphatic carbocycles. The molecule has 0 aromatic carbocycles. The van der Waals surface area contributed by atoms with Crippen molar-refractivity contribution in [3.63, 3.8) is 0 Å². The van der Waals surface area contributed by atoms with Crippen LogP contribution in [0.3, 0.4) is 0 Å². The first kappa shape index (κ1) is 15.4. The fraction of sp³-hybridized carbons (Fsp3) is 0.462. The van der Waals surface area contributed by atoms with Crippen LogP contribution in [0.1, 0.15) is 35.8 Å². The molecule has 6 heteroatoms. The van der Waals surface area contributed by atoms with Crippen LogP contribution in [0.4, 0.5) is 0 Å². The first-order chi connectivity index (χ1) is 9.06. The van der Waals surface area contributed by atoms with Crippen molar-refractivity contribution < 1.29 is 14.3 Å². The summed E-state index contributed by atoms with van der Waals surface area (Å²) in [5.41, 5.74) is 1.25. The van der Waals surface area contributed by atoms with Gasteiger partial charge in [-0.1, -0.05) is 18.5 Å². The van der Waals surface area contributed by atoms with E-state index < -0.39 is 0 Å². The number of rotatable bonds is 6. The third-order valence-electron chi connectivity index (χ3n) is 2.54. The van der Waals surface area contributed by atoms with E-state index in [-0.39, 0.29) is 18.3 Å². The van der Waals surface area contributed by atoms with Gasteiger partial charge >= 0.3 is 5.97 Å². The Balaban J connectivity index is 2.49. The van der Waals surface area contributed by atoms with Crippen LogP contribution in [0.25, 0.3) is 0 Å². The van der Waals surface area contributed by atoms with Crippen LogP contribution in [0, 0.1) is 0 Å². The Kier molecular flexibility index (Phi) is 6.29. The van der Waals surface area contributed by atoms with Crippen molar-refractivity contribution in [3.05, 3.63) is 28.5 Å². The van der Waals surface area contributed by atoms with Gasteiger partial charge in [0.15, 0.2) is 0 Å². The molecule has 0 radical (unpaired) electrons. The zero-order valence-corrected chi connectivity index (χ0v) is 11.8. The summed E-state index contributed by atoms with van der Waals surface area (Å²) in [6, 6.07) is 3.23. The SMILES string of the molecule is CCc1cc(C(=O)NCCCC(=O)OC)cc(Cl)n1. The first-order valence-corrected chi connectivity index (χ1v) is 6.46. The van der Waals surface area contributed by atoms with Crippen LogP contribution in [0.5, 0.6) is 0 Å². The molecule has 0 saturated carbocycles. The Labute approximate surface area is 117 Å². The number of ether oxygens (including phenoxy) is 1. The molecule has 0 saturated heterocycles. The monoisotopic (exact) mass is 284 g/mol. The second-order valence-corrected chi connectivity index (χ2v) is 4.35. The number of pyridine rings is 1. The average Bonchev–Trinajstić information content (AvgIpc) is 2.42. The quantitative estimate of drug-likeness (QED) is 0.493. The highest BCUT2D eigenvalue weighted by molar-refractivity contribution is 6.29. The second-order valence-electron chi connectivity index (χ2n) is 3.96. The minimum Gasteiger partial charge on any atom is -0.469 e. The van der Waals surface area contributed by atoms with Crippen molar-refractivity contribution in [1.29, 1.82) is 0 Å². The van der Waals surface area contributed by atoms with Crippen LogP contribution >= 0.6 is 11.6 Å². The normalized spacial score (nSPS) is 10.1. The predicted molar refractivity (Wildman–Crippen MR) is 72.2 cm³/mol. The third-order valence-corrected chi connectivity index (χ3v) is 2.74. The van der Waals surface area contributed by atoms with E-state index >= 15 is 0 Å². The summed E-state index contributed by atoms with van der Waals surface area (Å²) < 4.78 is 4.51. The number of hydrogen-bond donors (Lipinski definition) is 1. The Morgan fingerprint density at radius 1 is 1.42 bits per heavy atom. The highest BCUT2D eigenvalue weighted by atomic mass is 35.5. The maximum absolute atomic E-state index is 11.9. The fourth-order valence-electron chi connectivity index (χ4n) is 1.50. The Morgan fingerprint density at radius 3 is 2.79 bits per heavy atom. The van der Waals surface area contributed by atoms with Gasteiger partial charge in [0.25, 0.3) is 5.91 Å². The molecule has 1 N–H and O–H groups in total. The molecule has 1 aromatic rings. The standard InChI is InChI=1S/C13H17ClN2O3/c1-3-10-7-9(8-11(14)16-10)13(18)15-6-4-5-12(17)19-2/h7-8H,3-6H2,1-2H3,(H,15,18). The molecule has 1 amide bonds. The molecule has 5 nitrogen and oxygen atoms in total. The van der Waals surface area contributed by atoms with E-state index in [9.17, 15) is 9.59 Å². The van der Waals surface area contributed by atoms with Crippen molar-refractivity contribution in [3.8, 4) is 0 Å². The lowest BCUT2D eigenvalue weighted by molar-refractivity contribution is -0.140.